The van der Waals surface area contributed by atoms with E-state index in [1.807, 2.05) is 12.1 Å². The number of aromatic nitrogens is 1. The molecule has 0 aromatic carbocycles. The Hall–Kier alpha value is -1.09. The van der Waals surface area contributed by atoms with Crippen LogP contribution in [0.1, 0.15) is 32.9 Å². The second kappa shape index (κ2) is 6.40. The highest BCUT2D eigenvalue weighted by Gasteiger charge is 1.99. The average Bonchev–Trinajstić information content (AvgIpc) is 2.24. The van der Waals surface area contributed by atoms with E-state index in [-0.39, 0.29) is 0 Å². The molecule has 3 heteroatoms. The van der Waals surface area contributed by atoms with Crippen molar-refractivity contribution in [3.8, 4) is 5.75 Å². The van der Waals surface area contributed by atoms with Crippen LogP contribution in [0.5, 0.6) is 5.75 Å². The van der Waals surface area contributed by atoms with Gasteiger partial charge in [0.25, 0.3) is 0 Å². The van der Waals surface area contributed by atoms with Crippen LogP contribution >= 0.6 is 0 Å². The van der Waals surface area contributed by atoms with E-state index >= 15 is 0 Å². The molecule has 1 heterocycles. The molecule has 0 amide bonds. The molecule has 0 saturated carbocycles. The lowest BCUT2D eigenvalue weighted by atomic mass is 10.3. The number of rotatable bonds is 6. The molecule has 0 aliphatic rings. The number of hydrogen-bond acceptors (Lipinski definition) is 3. The summed E-state index contributed by atoms with van der Waals surface area (Å²) in [5.74, 6) is 0.910. The van der Waals surface area contributed by atoms with Gasteiger partial charge in [0.15, 0.2) is 0 Å². The van der Waals surface area contributed by atoms with E-state index in [4.69, 9.17) is 4.74 Å². The van der Waals surface area contributed by atoms with Crippen molar-refractivity contribution in [3.05, 3.63) is 24.0 Å². The maximum absolute atomic E-state index is 5.53. The molecule has 1 aromatic rings. The SMILES string of the molecule is CCCOc1ccnc(CNC(C)C)c1. The highest BCUT2D eigenvalue weighted by atomic mass is 16.5. The van der Waals surface area contributed by atoms with Crippen molar-refractivity contribution in [2.75, 3.05) is 6.61 Å². The zero-order chi connectivity index (χ0) is 11.1. The molecule has 0 fully saturated rings. The normalized spacial score (nSPS) is 10.7. The predicted molar refractivity (Wildman–Crippen MR) is 62.0 cm³/mol. The van der Waals surface area contributed by atoms with Crippen molar-refractivity contribution in [2.45, 2.75) is 39.8 Å². The number of ether oxygens (including phenoxy) is 1. The van der Waals surface area contributed by atoms with Gasteiger partial charge in [-0.1, -0.05) is 20.8 Å². The first-order valence-corrected chi connectivity index (χ1v) is 5.53. The lowest BCUT2D eigenvalue weighted by Gasteiger charge is -2.09. The van der Waals surface area contributed by atoms with Gasteiger partial charge in [0.1, 0.15) is 5.75 Å². The van der Waals surface area contributed by atoms with Crippen molar-refractivity contribution in [2.24, 2.45) is 0 Å². The van der Waals surface area contributed by atoms with Crippen LogP contribution in [0.3, 0.4) is 0 Å². The molecule has 84 valence electrons. The van der Waals surface area contributed by atoms with Crippen molar-refractivity contribution in [3.63, 3.8) is 0 Å². The second-order valence-electron chi connectivity index (χ2n) is 3.87. The Morgan fingerprint density at radius 3 is 2.93 bits per heavy atom. The third-order valence-electron chi connectivity index (χ3n) is 1.95. The van der Waals surface area contributed by atoms with E-state index in [2.05, 4.69) is 31.1 Å². The Balaban J connectivity index is 2.50. The molecule has 0 radical (unpaired) electrons. The second-order valence-corrected chi connectivity index (χ2v) is 3.87. The van der Waals surface area contributed by atoms with Gasteiger partial charge in [-0.15, -0.1) is 0 Å². The van der Waals surface area contributed by atoms with Gasteiger partial charge in [-0.25, -0.2) is 0 Å². The van der Waals surface area contributed by atoms with E-state index in [0.29, 0.717) is 6.04 Å². The summed E-state index contributed by atoms with van der Waals surface area (Å²) in [5, 5.41) is 3.33. The fraction of sp³-hybridized carbons (Fsp3) is 0.583. The monoisotopic (exact) mass is 208 g/mol. The number of nitrogens with zero attached hydrogens (tertiary/aromatic N) is 1. The third-order valence-corrected chi connectivity index (χ3v) is 1.95. The predicted octanol–water partition coefficient (Wildman–Crippen LogP) is 2.37. The van der Waals surface area contributed by atoms with Crippen LogP contribution < -0.4 is 10.1 Å². The van der Waals surface area contributed by atoms with E-state index in [1.54, 1.807) is 6.20 Å². The van der Waals surface area contributed by atoms with Gasteiger partial charge >= 0.3 is 0 Å². The summed E-state index contributed by atoms with van der Waals surface area (Å²) in [5.41, 5.74) is 1.03. The van der Waals surface area contributed by atoms with E-state index in [1.165, 1.54) is 0 Å². The molecular weight excluding hydrogens is 188 g/mol. The molecule has 1 aromatic heterocycles. The Morgan fingerprint density at radius 2 is 2.27 bits per heavy atom. The summed E-state index contributed by atoms with van der Waals surface area (Å²) in [6.45, 7) is 7.90. The van der Waals surface area contributed by atoms with Gasteiger partial charge in [0.2, 0.25) is 0 Å². The Bertz CT molecular complexity index is 287. The first kappa shape index (κ1) is 12.0. The summed E-state index contributed by atoms with van der Waals surface area (Å²) < 4.78 is 5.53. The molecular formula is C12H20N2O. The molecule has 0 saturated heterocycles. The molecule has 0 atom stereocenters. The van der Waals surface area contributed by atoms with Crippen LogP contribution in [-0.4, -0.2) is 17.6 Å². The lowest BCUT2D eigenvalue weighted by molar-refractivity contribution is 0.316. The molecule has 0 unspecified atom stereocenters. The summed E-state index contributed by atoms with van der Waals surface area (Å²) in [4.78, 5) is 4.28. The summed E-state index contributed by atoms with van der Waals surface area (Å²) in [7, 11) is 0. The van der Waals surface area contributed by atoms with E-state index in [0.717, 1.165) is 31.0 Å². The number of nitrogens with one attached hydrogen (secondary N) is 1. The molecule has 0 spiro atoms. The van der Waals surface area contributed by atoms with Gasteiger partial charge in [-0.3, -0.25) is 4.98 Å². The van der Waals surface area contributed by atoms with Crippen molar-refractivity contribution < 1.29 is 4.74 Å². The molecule has 0 bridgehead atoms. The fourth-order valence-electron chi connectivity index (χ4n) is 1.17. The van der Waals surface area contributed by atoms with Crippen LogP contribution in [0, 0.1) is 0 Å². The number of pyridine rings is 1. The molecule has 0 aliphatic carbocycles. The van der Waals surface area contributed by atoms with Crippen molar-refractivity contribution in [1.29, 1.82) is 0 Å². The third kappa shape index (κ3) is 4.79. The van der Waals surface area contributed by atoms with Crippen molar-refractivity contribution in [1.82, 2.24) is 10.3 Å². The molecule has 15 heavy (non-hydrogen) atoms. The van der Waals surface area contributed by atoms with E-state index < -0.39 is 0 Å². The quantitative estimate of drug-likeness (QED) is 0.779. The smallest absolute Gasteiger partial charge is 0.122 e. The van der Waals surface area contributed by atoms with Gasteiger partial charge in [-0.05, 0) is 12.5 Å². The summed E-state index contributed by atoms with van der Waals surface area (Å²) >= 11 is 0. The van der Waals surface area contributed by atoms with Crippen LogP contribution in [0.2, 0.25) is 0 Å². The van der Waals surface area contributed by atoms with Gasteiger partial charge < -0.3 is 10.1 Å². The maximum atomic E-state index is 5.53. The lowest BCUT2D eigenvalue weighted by Crippen LogP contribution is -2.22. The van der Waals surface area contributed by atoms with Crippen molar-refractivity contribution >= 4 is 0 Å². The highest BCUT2D eigenvalue weighted by molar-refractivity contribution is 5.22. The molecule has 1 N–H and O–H groups in total. The molecule has 3 nitrogen and oxygen atoms in total. The van der Waals surface area contributed by atoms with Crippen LogP contribution in [0.15, 0.2) is 18.3 Å². The topological polar surface area (TPSA) is 34.1 Å². The first-order chi connectivity index (χ1) is 7.22. The highest BCUT2D eigenvalue weighted by Crippen LogP contribution is 2.11. The Labute approximate surface area is 91.9 Å². The first-order valence-electron chi connectivity index (χ1n) is 5.53. The van der Waals surface area contributed by atoms with Gasteiger partial charge in [-0.2, -0.15) is 0 Å². The Morgan fingerprint density at radius 1 is 1.47 bits per heavy atom. The maximum Gasteiger partial charge on any atom is 0.122 e. The molecule has 0 aliphatic heterocycles. The molecule has 1 rings (SSSR count). The summed E-state index contributed by atoms with van der Waals surface area (Å²) in [6.07, 6.45) is 2.82. The van der Waals surface area contributed by atoms with Crippen LogP contribution in [0.4, 0.5) is 0 Å². The largest absolute Gasteiger partial charge is 0.493 e. The fourth-order valence-corrected chi connectivity index (χ4v) is 1.17. The van der Waals surface area contributed by atoms with Gasteiger partial charge in [0.05, 0.1) is 12.3 Å². The van der Waals surface area contributed by atoms with E-state index in [9.17, 15) is 0 Å². The zero-order valence-corrected chi connectivity index (χ0v) is 9.79. The van der Waals surface area contributed by atoms with Crippen LogP contribution in [0.25, 0.3) is 0 Å². The minimum absolute atomic E-state index is 0.479. The zero-order valence-electron chi connectivity index (χ0n) is 9.79. The van der Waals surface area contributed by atoms with Gasteiger partial charge in [0, 0.05) is 24.8 Å². The van der Waals surface area contributed by atoms with Crippen LogP contribution in [-0.2, 0) is 6.54 Å². The number of hydrogen-bond donors (Lipinski definition) is 1. The average molecular weight is 208 g/mol. The Kier molecular flexibility index (Phi) is 5.12. The minimum Gasteiger partial charge on any atom is -0.493 e. The minimum atomic E-state index is 0.479. The standard InChI is InChI=1S/C12H20N2O/c1-4-7-15-12-5-6-13-11(8-12)9-14-10(2)3/h5-6,8,10,14H,4,7,9H2,1-3H3. The summed E-state index contributed by atoms with van der Waals surface area (Å²) in [6, 6.07) is 4.37.